The van der Waals surface area contributed by atoms with E-state index in [4.69, 9.17) is 11.6 Å². The molecule has 0 radical (unpaired) electrons. The molecule has 1 aromatic carbocycles. The number of carbonyl (C=O) groups is 1. The molecule has 0 unspecified atom stereocenters. The van der Waals surface area contributed by atoms with Gasteiger partial charge in [0.2, 0.25) is 0 Å². The third-order valence-electron chi connectivity index (χ3n) is 1.61. The van der Waals surface area contributed by atoms with Gasteiger partial charge in [-0.3, -0.25) is 0 Å². The molecule has 0 aliphatic carbocycles. The molecule has 4 heteroatoms. The fourth-order valence-corrected chi connectivity index (χ4v) is 1.29. The summed E-state index contributed by atoms with van der Waals surface area (Å²) in [6, 6.07) is 5.28. The lowest BCUT2D eigenvalue weighted by molar-refractivity contribution is 0.0602. The van der Waals surface area contributed by atoms with Gasteiger partial charge in [-0.25, -0.2) is 4.79 Å². The van der Waals surface area contributed by atoms with Crippen LogP contribution in [-0.4, -0.2) is 20.9 Å². The topological polar surface area (TPSA) is 26.3 Å². The normalized spacial score (nSPS) is 9.50. The van der Waals surface area contributed by atoms with Crippen LogP contribution in [-0.2, 0) is 4.74 Å². The minimum absolute atomic E-state index is 0.391. The molecule has 62 valence electrons. The number of benzene rings is 1. The van der Waals surface area contributed by atoms with Crippen LogP contribution in [0.15, 0.2) is 18.2 Å². The van der Waals surface area contributed by atoms with Gasteiger partial charge in [-0.1, -0.05) is 29.2 Å². The molecule has 2 nitrogen and oxygen atoms in total. The minimum atomic E-state index is -0.391. The van der Waals surface area contributed by atoms with E-state index in [1.165, 1.54) is 7.11 Å². The Kier molecular flexibility index (Phi) is 2.76. The number of ether oxygens (including phenoxy) is 1. The first-order valence-corrected chi connectivity index (χ1v) is 3.88. The summed E-state index contributed by atoms with van der Waals surface area (Å²) >= 11 is 5.80. The molecule has 1 rings (SSSR count). The van der Waals surface area contributed by atoms with Gasteiger partial charge >= 0.3 is 5.97 Å². The molecule has 0 saturated heterocycles. The van der Waals surface area contributed by atoms with E-state index in [1.807, 2.05) is 13.9 Å². The Morgan fingerprint density at radius 3 is 2.75 bits per heavy atom. The van der Waals surface area contributed by atoms with E-state index in [1.54, 1.807) is 12.1 Å². The maximum atomic E-state index is 11.1. The van der Waals surface area contributed by atoms with Crippen LogP contribution in [0.4, 0.5) is 0 Å². The average Bonchev–Trinajstić information content (AvgIpc) is 2.03. The monoisotopic (exact) mass is 182 g/mol. The van der Waals surface area contributed by atoms with E-state index >= 15 is 0 Å². The fraction of sp³-hybridized carbons (Fsp3) is 0.125. The van der Waals surface area contributed by atoms with Crippen molar-refractivity contribution in [3.63, 3.8) is 0 Å². The molecule has 0 amide bonds. The first-order chi connectivity index (χ1) is 5.66. The van der Waals surface area contributed by atoms with Gasteiger partial charge < -0.3 is 4.74 Å². The number of carbonyl (C=O) groups excluding carboxylic acids is 1. The molecule has 0 saturated carbocycles. The van der Waals surface area contributed by atoms with Gasteiger partial charge in [0.15, 0.2) is 0 Å². The van der Waals surface area contributed by atoms with Gasteiger partial charge in [0, 0.05) is 0 Å². The van der Waals surface area contributed by atoms with Gasteiger partial charge in [0.05, 0.1) is 17.7 Å². The summed E-state index contributed by atoms with van der Waals surface area (Å²) in [6.45, 7) is 0. The largest absolute Gasteiger partial charge is 0.465 e. The first-order valence-electron chi connectivity index (χ1n) is 3.50. The lowest BCUT2D eigenvalue weighted by atomic mass is 9.91. The van der Waals surface area contributed by atoms with Gasteiger partial charge in [-0.15, -0.1) is 0 Å². The summed E-state index contributed by atoms with van der Waals surface area (Å²) in [7, 11) is 3.16. The number of hydrogen-bond donors (Lipinski definition) is 0. The van der Waals surface area contributed by atoms with Crippen LogP contribution in [0, 0.1) is 0 Å². The standard InChI is InChI=1S/C8H8BClO2/c1-12-8(11)7-5(9)3-2-4-6(7)10/h2-4H,9H2,1H3. The summed E-state index contributed by atoms with van der Waals surface area (Å²) in [5, 5.41) is 0.432. The molecule has 0 fully saturated rings. The van der Waals surface area contributed by atoms with Crippen LogP contribution >= 0.6 is 11.6 Å². The van der Waals surface area contributed by atoms with E-state index in [-0.39, 0.29) is 0 Å². The van der Waals surface area contributed by atoms with Crippen LogP contribution in [0.5, 0.6) is 0 Å². The summed E-state index contributed by atoms with van der Waals surface area (Å²) in [4.78, 5) is 11.1. The predicted octanol–water partition coefficient (Wildman–Crippen LogP) is 0.385. The average molecular weight is 182 g/mol. The Morgan fingerprint density at radius 2 is 2.25 bits per heavy atom. The minimum Gasteiger partial charge on any atom is -0.465 e. The van der Waals surface area contributed by atoms with Crippen molar-refractivity contribution in [1.82, 2.24) is 0 Å². The van der Waals surface area contributed by atoms with Crippen molar-refractivity contribution in [2.75, 3.05) is 7.11 Å². The van der Waals surface area contributed by atoms with E-state index in [2.05, 4.69) is 4.74 Å². The maximum absolute atomic E-state index is 11.1. The second-order valence-corrected chi connectivity index (χ2v) is 2.83. The molecule has 0 spiro atoms. The highest BCUT2D eigenvalue weighted by Crippen LogP contribution is 2.13. The molecule has 0 aliphatic rings. The zero-order chi connectivity index (χ0) is 9.14. The van der Waals surface area contributed by atoms with Crippen molar-refractivity contribution in [3.05, 3.63) is 28.8 Å². The summed E-state index contributed by atoms with van der Waals surface area (Å²) < 4.78 is 4.57. The number of halogens is 1. The maximum Gasteiger partial charge on any atom is 0.338 e. The predicted molar refractivity (Wildman–Crippen MR) is 51.0 cm³/mol. The Balaban J connectivity index is 3.21. The molecule has 0 bridgehead atoms. The molecular formula is C8H8BClO2. The van der Waals surface area contributed by atoms with Crippen LogP contribution in [0.3, 0.4) is 0 Å². The molecule has 12 heavy (non-hydrogen) atoms. The van der Waals surface area contributed by atoms with Gasteiger partial charge in [-0.05, 0) is 6.07 Å². The van der Waals surface area contributed by atoms with Crippen molar-refractivity contribution in [3.8, 4) is 0 Å². The smallest absolute Gasteiger partial charge is 0.338 e. The molecule has 0 aliphatic heterocycles. The molecule has 1 aromatic rings. The van der Waals surface area contributed by atoms with Crippen molar-refractivity contribution >= 4 is 30.9 Å². The zero-order valence-electron chi connectivity index (χ0n) is 6.93. The van der Waals surface area contributed by atoms with Crippen LogP contribution in [0.1, 0.15) is 10.4 Å². The lowest BCUT2D eigenvalue weighted by Gasteiger charge is -2.04. The Hall–Kier alpha value is -0.955. The molecule has 0 N–H and O–H groups in total. The molecule has 0 heterocycles. The first kappa shape index (κ1) is 9.14. The molecule has 0 atom stereocenters. The second-order valence-electron chi connectivity index (χ2n) is 2.42. The van der Waals surface area contributed by atoms with Crippen LogP contribution < -0.4 is 5.46 Å². The number of esters is 1. The number of rotatable bonds is 1. The van der Waals surface area contributed by atoms with Gasteiger partial charge in [0.1, 0.15) is 7.85 Å². The quantitative estimate of drug-likeness (QED) is 0.464. The van der Waals surface area contributed by atoms with Crippen molar-refractivity contribution < 1.29 is 9.53 Å². The Morgan fingerprint density at radius 1 is 1.58 bits per heavy atom. The highest BCUT2D eigenvalue weighted by atomic mass is 35.5. The highest BCUT2D eigenvalue weighted by Gasteiger charge is 2.11. The van der Waals surface area contributed by atoms with Crippen LogP contribution in [0.25, 0.3) is 0 Å². The second kappa shape index (κ2) is 3.63. The fourth-order valence-electron chi connectivity index (χ4n) is 0.993. The van der Waals surface area contributed by atoms with Crippen molar-refractivity contribution in [2.45, 2.75) is 0 Å². The molecular weight excluding hydrogens is 174 g/mol. The zero-order valence-corrected chi connectivity index (χ0v) is 7.68. The van der Waals surface area contributed by atoms with Gasteiger partial charge in [0.25, 0.3) is 0 Å². The Bertz CT molecular complexity index is 292. The van der Waals surface area contributed by atoms with E-state index in [0.29, 0.717) is 10.6 Å². The lowest BCUT2D eigenvalue weighted by Crippen LogP contribution is -2.17. The van der Waals surface area contributed by atoms with Crippen molar-refractivity contribution in [2.24, 2.45) is 0 Å². The summed E-state index contributed by atoms with van der Waals surface area (Å²) in [5.74, 6) is -0.391. The number of methoxy groups -OCH3 is 1. The van der Waals surface area contributed by atoms with Crippen molar-refractivity contribution in [1.29, 1.82) is 0 Å². The summed E-state index contributed by atoms with van der Waals surface area (Å²) in [5.41, 5.74) is 1.27. The van der Waals surface area contributed by atoms with Gasteiger partial charge in [-0.2, -0.15) is 0 Å². The third kappa shape index (κ3) is 1.61. The van der Waals surface area contributed by atoms with E-state index in [0.717, 1.165) is 5.46 Å². The van der Waals surface area contributed by atoms with E-state index < -0.39 is 5.97 Å². The van der Waals surface area contributed by atoms with Crippen LogP contribution in [0.2, 0.25) is 5.02 Å². The highest BCUT2D eigenvalue weighted by molar-refractivity contribution is 6.41. The summed E-state index contributed by atoms with van der Waals surface area (Å²) in [6.07, 6.45) is 0. The molecule has 0 aromatic heterocycles. The SMILES string of the molecule is Bc1cccc(Cl)c1C(=O)OC. The van der Waals surface area contributed by atoms with E-state index in [9.17, 15) is 4.79 Å². The Labute approximate surface area is 76.9 Å². The third-order valence-corrected chi connectivity index (χ3v) is 1.93. The number of hydrogen-bond acceptors (Lipinski definition) is 2.